The summed E-state index contributed by atoms with van der Waals surface area (Å²) < 4.78 is 50.4. The van der Waals surface area contributed by atoms with Crippen LogP contribution in [0.15, 0.2) is 71.1 Å². The average molecular weight is 601 g/mol. The summed E-state index contributed by atoms with van der Waals surface area (Å²) in [4.78, 5) is 32.0. The zero-order chi connectivity index (χ0) is 29.7. The fourth-order valence-electron chi connectivity index (χ4n) is 5.08. The zero-order valence-corrected chi connectivity index (χ0v) is 23.9. The van der Waals surface area contributed by atoms with Crippen LogP contribution >= 0.6 is 11.3 Å². The lowest BCUT2D eigenvalue weighted by molar-refractivity contribution is -0.137. The van der Waals surface area contributed by atoms with E-state index in [0.717, 1.165) is 40.4 Å². The third kappa shape index (κ3) is 6.83. The first-order valence-electron chi connectivity index (χ1n) is 13.6. The molecule has 1 atom stereocenters. The lowest BCUT2D eigenvalue weighted by Crippen LogP contribution is -2.46. The fraction of sp³-hybridized carbons (Fsp3) is 0.367. The van der Waals surface area contributed by atoms with E-state index in [0.29, 0.717) is 45.0 Å². The summed E-state index contributed by atoms with van der Waals surface area (Å²) in [5.74, 6) is -0.312. The van der Waals surface area contributed by atoms with Gasteiger partial charge in [0.25, 0.3) is 11.8 Å². The highest BCUT2D eigenvalue weighted by Gasteiger charge is 2.36. The molecule has 1 aromatic heterocycles. The van der Waals surface area contributed by atoms with E-state index in [1.165, 1.54) is 21.2 Å². The van der Waals surface area contributed by atoms with Crippen LogP contribution in [-0.4, -0.2) is 85.4 Å². The number of hydrogen-bond acceptors (Lipinski definition) is 7. The summed E-state index contributed by atoms with van der Waals surface area (Å²) in [5.41, 5.74) is 0.770. The smallest absolute Gasteiger partial charge is 0.416 e. The van der Waals surface area contributed by atoms with E-state index in [2.05, 4.69) is 4.90 Å². The SMILES string of the molecule is COc1ccccc1[C@H]1CC(c2cccs2)=NN1C(=O)CN(CCN1CCOCC1)C(=O)c1ccc(C(F)(F)F)cc1. The quantitative estimate of drug-likeness (QED) is 0.349. The van der Waals surface area contributed by atoms with Gasteiger partial charge in [-0.2, -0.15) is 18.3 Å². The number of carbonyl (C=O) groups excluding carboxylic acids is 2. The van der Waals surface area contributed by atoms with Crippen LogP contribution in [0.4, 0.5) is 13.2 Å². The normalized spacial score (nSPS) is 17.7. The van der Waals surface area contributed by atoms with Crippen molar-refractivity contribution in [3.63, 3.8) is 0 Å². The molecule has 0 N–H and O–H groups in total. The van der Waals surface area contributed by atoms with Gasteiger partial charge in [0.2, 0.25) is 0 Å². The van der Waals surface area contributed by atoms with E-state index in [1.807, 2.05) is 41.8 Å². The third-order valence-electron chi connectivity index (χ3n) is 7.33. The second-order valence-electron chi connectivity index (χ2n) is 9.98. The van der Waals surface area contributed by atoms with Crippen LogP contribution in [0.1, 0.15) is 38.8 Å². The number of nitrogens with zero attached hydrogens (tertiary/aromatic N) is 4. The zero-order valence-electron chi connectivity index (χ0n) is 23.0. The molecule has 1 saturated heterocycles. The lowest BCUT2D eigenvalue weighted by Gasteiger charge is -2.31. The number of morpholine rings is 1. The van der Waals surface area contributed by atoms with Gasteiger partial charge in [-0.05, 0) is 41.8 Å². The summed E-state index contributed by atoms with van der Waals surface area (Å²) in [6.45, 7) is 2.92. The van der Waals surface area contributed by atoms with Gasteiger partial charge >= 0.3 is 6.18 Å². The number of ether oxygens (including phenoxy) is 2. The molecule has 0 bridgehead atoms. The predicted molar refractivity (Wildman–Crippen MR) is 153 cm³/mol. The number of carbonyl (C=O) groups is 2. The number of benzene rings is 2. The Hall–Kier alpha value is -3.74. The molecule has 1 fully saturated rings. The maximum atomic E-state index is 13.9. The van der Waals surface area contributed by atoms with Crippen LogP contribution in [-0.2, 0) is 15.7 Å². The Morgan fingerprint density at radius 2 is 1.81 bits per heavy atom. The third-order valence-corrected chi connectivity index (χ3v) is 8.25. The van der Waals surface area contributed by atoms with Crippen molar-refractivity contribution in [1.82, 2.24) is 14.8 Å². The van der Waals surface area contributed by atoms with Crippen LogP contribution in [0.3, 0.4) is 0 Å². The van der Waals surface area contributed by atoms with E-state index in [-0.39, 0.29) is 18.7 Å². The minimum absolute atomic E-state index is 0.0725. The van der Waals surface area contributed by atoms with Crippen molar-refractivity contribution in [1.29, 1.82) is 0 Å². The predicted octanol–water partition coefficient (Wildman–Crippen LogP) is 4.93. The maximum absolute atomic E-state index is 13.9. The van der Waals surface area contributed by atoms with Gasteiger partial charge in [0.1, 0.15) is 12.3 Å². The number of methoxy groups -OCH3 is 1. The Kier molecular flexibility index (Phi) is 9.24. The Morgan fingerprint density at radius 3 is 2.48 bits per heavy atom. The second-order valence-corrected chi connectivity index (χ2v) is 10.9. The molecule has 5 rings (SSSR count). The van der Waals surface area contributed by atoms with Gasteiger partial charge in [0.15, 0.2) is 0 Å². The molecule has 2 aliphatic heterocycles. The highest BCUT2D eigenvalue weighted by molar-refractivity contribution is 7.12. The van der Waals surface area contributed by atoms with Crippen molar-refractivity contribution < 1.29 is 32.2 Å². The van der Waals surface area contributed by atoms with Gasteiger partial charge in [-0.15, -0.1) is 11.3 Å². The largest absolute Gasteiger partial charge is 0.496 e. The molecular weight excluding hydrogens is 569 g/mol. The number of amides is 2. The highest BCUT2D eigenvalue weighted by Crippen LogP contribution is 2.38. The van der Waals surface area contributed by atoms with Crippen molar-refractivity contribution in [2.45, 2.75) is 18.6 Å². The molecule has 0 radical (unpaired) electrons. The molecule has 2 amide bonds. The number of para-hydroxylation sites is 1. The van der Waals surface area contributed by atoms with E-state index >= 15 is 0 Å². The van der Waals surface area contributed by atoms with E-state index in [4.69, 9.17) is 14.6 Å². The Bertz CT molecular complexity index is 1410. The Morgan fingerprint density at radius 1 is 1.07 bits per heavy atom. The van der Waals surface area contributed by atoms with Crippen molar-refractivity contribution in [2.24, 2.45) is 5.10 Å². The van der Waals surface area contributed by atoms with Gasteiger partial charge in [-0.25, -0.2) is 5.01 Å². The van der Waals surface area contributed by atoms with Crippen molar-refractivity contribution in [2.75, 3.05) is 53.0 Å². The van der Waals surface area contributed by atoms with Crippen LogP contribution in [0.2, 0.25) is 0 Å². The minimum Gasteiger partial charge on any atom is -0.496 e. The topological polar surface area (TPSA) is 74.7 Å². The van der Waals surface area contributed by atoms with Crippen LogP contribution in [0, 0.1) is 0 Å². The Labute approximate surface area is 245 Å². The lowest BCUT2D eigenvalue weighted by atomic mass is 10.00. The summed E-state index contributed by atoms with van der Waals surface area (Å²) in [6.07, 6.45) is -4.05. The summed E-state index contributed by atoms with van der Waals surface area (Å²) in [7, 11) is 1.57. The first kappa shape index (κ1) is 29.7. The van der Waals surface area contributed by atoms with Crippen LogP contribution in [0.25, 0.3) is 0 Å². The summed E-state index contributed by atoms with van der Waals surface area (Å²) >= 11 is 1.52. The van der Waals surface area contributed by atoms with E-state index in [1.54, 1.807) is 7.11 Å². The van der Waals surface area contributed by atoms with Gasteiger partial charge < -0.3 is 14.4 Å². The highest BCUT2D eigenvalue weighted by atomic mass is 32.1. The molecule has 0 unspecified atom stereocenters. The first-order chi connectivity index (χ1) is 20.2. The number of alkyl halides is 3. The molecule has 0 aliphatic carbocycles. The number of halogens is 3. The molecule has 3 aromatic rings. The molecule has 0 spiro atoms. The molecule has 0 saturated carbocycles. The van der Waals surface area contributed by atoms with E-state index < -0.39 is 29.6 Å². The van der Waals surface area contributed by atoms with Crippen molar-refractivity contribution in [3.8, 4) is 5.75 Å². The van der Waals surface area contributed by atoms with Crippen molar-refractivity contribution in [3.05, 3.63) is 87.6 Å². The molecule has 2 aliphatic rings. The van der Waals surface area contributed by atoms with Gasteiger partial charge in [0, 0.05) is 43.7 Å². The fourth-order valence-corrected chi connectivity index (χ4v) is 5.80. The molecule has 222 valence electrons. The number of hydrazone groups is 1. The second kappa shape index (κ2) is 13.1. The van der Waals surface area contributed by atoms with Crippen molar-refractivity contribution >= 4 is 28.9 Å². The minimum atomic E-state index is -4.52. The molecule has 3 heterocycles. The molecule has 2 aromatic carbocycles. The standard InChI is InChI=1S/C30H31F3N4O4S/c1-40-26-6-3-2-5-23(26)25-19-24(27-7-4-18-42-27)34-37(25)28(38)20-36(13-12-35-14-16-41-17-15-35)29(39)21-8-10-22(11-9-21)30(31,32)33/h2-11,18,25H,12-17,19-20H2,1H3/t25-/m1/s1. The molecule has 42 heavy (non-hydrogen) atoms. The Balaban J connectivity index is 1.41. The first-order valence-corrected chi connectivity index (χ1v) is 14.5. The molecule has 8 nitrogen and oxygen atoms in total. The number of thiophene rings is 1. The average Bonchev–Trinajstić information content (AvgIpc) is 3.70. The maximum Gasteiger partial charge on any atom is 0.416 e. The number of hydrogen-bond donors (Lipinski definition) is 0. The molecular formula is C30H31F3N4O4S. The summed E-state index contributed by atoms with van der Waals surface area (Å²) in [5, 5.41) is 8.06. The molecule has 12 heteroatoms. The van der Waals surface area contributed by atoms with Gasteiger partial charge in [-0.3, -0.25) is 14.5 Å². The van der Waals surface area contributed by atoms with Crippen LogP contribution < -0.4 is 4.74 Å². The van der Waals surface area contributed by atoms with Gasteiger partial charge in [-0.1, -0.05) is 24.3 Å². The monoisotopic (exact) mass is 600 g/mol. The number of rotatable bonds is 9. The van der Waals surface area contributed by atoms with Crippen LogP contribution in [0.5, 0.6) is 5.75 Å². The van der Waals surface area contributed by atoms with Gasteiger partial charge in [0.05, 0.1) is 42.5 Å². The summed E-state index contributed by atoms with van der Waals surface area (Å²) in [6, 6.07) is 14.9. The van der Waals surface area contributed by atoms with E-state index in [9.17, 15) is 22.8 Å².